The largest absolute Gasteiger partial charge is 0.756 e. The number of nitrogens with one attached hydrogen (secondary N) is 1. The van der Waals surface area contributed by atoms with Crippen molar-refractivity contribution < 1.29 is 32.9 Å². The number of phosphoric ester groups is 1. The Morgan fingerprint density at radius 1 is 0.522 bits per heavy atom. The van der Waals surface area contributed by atoms with Crippen molar-refractivity contribution in [2.24, 2.45) is 0 Å². The average Bonchev–Trinajstić information content (AvgIpc) is 3.31. The molecule has 0 fully saturated rings. The normalized spacial score (nSPS) is 14.4. The summed E-state index contributed by atoms with van der Waals surface area (Å²) in [5.41, 5.74) is 0. The van der Waals surface area contributed by atoms with Gasteiger partial charge in [0.05, 0.1) is 39.9 Å². The number of quaternary nitrogens is 1. The minimum absolute atomic E-state index is 0.0110. The number of hydrogen-bond donors (Lipinski definition) is 2. The summed E-state index contributed by atoms with van der Waals surface area (Å²) in [5.74, 6) is -0.165. The summed E-state index contributed by atoms with van der Waals surface area (Å²) in [5, 5.41) is 14.0. The van der Waals surface area contributed by atoms with Gasteiger partial charge < -0.3 is 28.8 Å². The first kappa shape index (κ1) is 67.2. The van der Waals surface area contributed by atoms with E-state index >= 15 is 0 Å². The molecular weight excluding hydrogens is 876 g/mol. The summed E-state index contributed by atoms with van der Waals surface area (Å²) in [6.45, 7) is 4.63. The van der Waals surface area contributed by atoms with Crippen LogP contribution in [0.15, 0.2) is 60.8 Å². The molecule has 3 unspecified atom stereocenters. The Kier molecular flexibility index (Phi) is 49.8. The predicted molar refractivity (Wildman–Crippen MR) is 297 cm³/mol. The van der Waals surface area contributed by atoms with Crippen molar-refractivity contribution >= 4 is 13.7 Å². The third-order valence-corrected chi connectivity index (χ3v) is 14.0. The lowest BCUT2D eigenvalue weighted by Crippen LogP contribution is -2.46. The smallest absolute Gasteiger partial charge is 0.268 e. The van der Waals surface area contributed by atoms with Crippen LogP contribution in [0.25, 0.3) is 0 Å². The SMILES string of the molecule is CC/C=C\C/C=C\C/C=C\C/C=C\C/C=C\CCCCCCCCCCCCCCCC(=O)NC(COP(=O)([O-])OCC[N+](C)(C)C)C(O)CCCCCCCCCCCCCCCCCCCC. The molecule has 2 N–H and O–H groups in total. The van der Waals surface area contributed by atoms with Crippen molar-refractivity contribution in [3.05, 3.63) is 60.8 Å². The van der Waals surface area contributed by atoms with Gasteiger partial charge in [-0.1, -0.05) is 261 Å². The molecule has 0 aromatic rings. The number of rotatable bonds is 53. The van der Waals surface area contributed by atoms with E-state index in [0.29, 0.717) is 23.9 Å². The molecule has 0 aliphatic carbocycles. The second-order valence-corrected chi connectivity index (χ2v) is 22.4. The number of amides is 1. The fourth-order valence-electron chi connectivity index (χ4n) is 8.48. The molecular formula is C60H113N2O6P. The molecule has 0 radical (unpaired) electrons. The van der Waals surface area contributed by atoms with Gasteiger partial charge in [-0.25, -0.2) is 0 Å². The lowest BCUT2D eigenvalue weighted by atomic mass is 10.0. The van der Waals surface area contributed by atoms with Crippen LogP contribution >= 0.6 is 7.82 Å². The Hall–Kier alpha value is -1.80. The molecule has 1 amide bonds. The van der Waals surface area contributed by atoms with Crippen LogP contribution < -0.4 is 10.2 Å². The molecule has 404 valence electrons. The molecule has 0 aromatic carbocycles. The van der Waals surface area contributed by atoms with E-state index in [1.54, 1.807) is 0 Å². The van der Waals surface area contributed by atoms with Crippen molar-refractivity contribution in [3.8, 4) is 0 Å². The zero-order valence-electron chi connectivity index (χ0n) is 46.0. The van der Waals surface area contributed by atoms with E-state index in [2.05, 4.69) is 79.9 Å². The minimum Gasteiger partial charge on any atom is -0.756 e. The molecule has 0 saturated carbocycles. The molecule has 0 bridgehead atoms. The molecule has 0 rings (SSSR count). The molecule has 69 heavy (non-hydrogen) atoms. The molecule has 0 aliphatic heterocycles. The Bertz CT molecular complexity index is 1310. The van der Waals surface area contributed by atoms with Gasteiger partial charge >= 0.3 is 0 Å². The highest BCUT2D eigenvalue weighted by molar-refractivity contribution is 7.45. The lowest BCUT2D eigenvalue weighted by molar-refractivity contribution is -0.870. The first-order valence-electron chi connectivity index (χ1n) is 29.1. The van der Waals surface area contributed by atoms with E-state index in [1.807, 2.05) is 21.1 Å². The number of unbranched alkanes of at least 4 members (excludes halogenated alkanes) is 30. The monoisotopic (exact) mass is 989 g/mol. The first-order chi connectivity index (χ1) is 33.5. The Morgan fingerprint density at radius 3 is 1.29 bits per heavy atom. The average molecular weight is 990 g/mol. The summed E-state index contributed by atoms with van der Waals surface area (Å²) in [7, 11) is 1.31. The first-order valence-corrected chi connectivity index (χ1v) is 30.6. The van der Waals surface area contributed by atoms with Crippen LogP contribution in [0, 0.1) is 0 Å². The number of hydrogen-bond acceptors (Lipinski definition) is 6. The third kappa shape index (κ3) is 53.8. The number of phosphoric acid groups is 1. The highest BCUT2D eigenvalue weighted by Gasteiger charge is 2.24. The van der Waals surface area contributed by atoms with E-state index in [4.69, 9.17) is 9.05 Å². The van der Waals surface area contributed by atoms with Gasteiger partial charge in [0.1, 0.15) is 13.2 Å². The van der Waals surface area contributed by atoms with Crippen molar-refractivity contribution in [1.82, 2.24) is 5.32 Å². The van der Waals surface area contributed by atoms with Crippen LogP contribution in [0.4, 0.5) is 0 Å². The van der Waals surface area contributed by atoms with Crippen molar-refractivity contribution in [1.29, 1.82) is 0 Å². The van der Waals surface area contributed by atoms with Crippen LogP contribution in [0.1, 0.15) is 264 Å². The van der Waals surface area contributed by atoms with Gasteiger partial charge in [-0.2, -0.15) is 0 Å². The second kappa shape index (κ2) is 51.1. The van der Waals surface area contributed by atoms with Gasteiger partial charge in [0, 0.05) is 6.42 Å². The van der Waals surface area contributed by atoms with E-state index in [-0.39, 0.29) is 19.1 Å². The molecule has 9 heteroatoms. The summed E-state index contributed by atoms with van der Waals surface area (Å²) >= 11 is 0. The molecule has 0 saturated heterocycles. The van der Waals surface area contributed by atoms with Gasteiger partial charge in [-0.15, -0.1) is 0 Å². The highest BCUT2D eigenvalue weighted by Crippen LogP contribution is 2.38. The van der Waals surface area contributed by atoms with Crippen molar-refractivity contribution in [3.63, 3.8) is 0 Å². The van der Waals surface area contributed by atoms with Crippen molar-refractivity contribution in [2.75, 3.05) is 40.9 Å². The molecule has 3 atom stereocenters. The Labute approximate surface area is 428 Å². The standard InChI is InChI=1S/C60H113N2O6P/c1-6-8-10-12-14-16-18-20-22-24-26-27-28-29-30-31-32-33-34-35-36-38-40-42-44-46-48-50-52-54-60(64)61-58(57-68-69(65,66)67-56-55-62(3,4)5)59(63)53-51-49-47-45-43-41-39-37-25-23-21-19-17-15-13-11-9-7-2/h8,10,14,16,20,22,26-27,29-30,58-59,63H,6-7,9,11-13,15,17-19,21,23-25,28,31-57H2,1-5H3,(H-,61,64,65,66)/b10-8-,16-14-,22-20-,27-26-,30-29-. The predicted octanol–water partition coefficient (Wildman–Crippen LogP) is 17.1. The van der Waals surface area contributed by atoms with Crippen LogP contribution in [0.3, 0.4) is 0 Å². The number of carbonyl (C=O) groups excluding carboxylic acids is 1. The topological polar surface area (TPSA) is 108 Å². The fraction of sp³-hybridized carbons (Fsp3) is 0.817. The Balaban J connectivity index is 4.13. The molecule has 0 aromatic heterocycles. The summed E-state index contributed by atoms with van der Waals surface area (Å²) < 4.78 is 23.4. The zero-order valence-corrected chi connectivity index (χ0v) is 46.9. The van der Waals surface area contributed by atoms with Gasteiger partial charge in [-0.05, 0) is 57.8 Å². The van der Waals surface area contributed by atoms with E-state index in [9.17, 15) is 19.4 Å². The van der Waals surface area contributed by atoms with Crippen LogP contribution in [0.5, 0.6) is 0 Å². The maximum Gasteiger partial charge on any atom is 0.268 e. The molecule has 0 spiro atoms. The van der Waals surface area contributed by atoms with Crippen LogP contribution in [0.2, 0.25) is 0 Å². The van der Waals surface area contributed by atoms with Gasteiger partial charge in [0.2, 0.25) is 5.91 Å². The Morgan fingerprint density at radius 2 is 0.884 bits per heavy atom. The number of carbonyl (C=O) groups is 1. The summed E-state index contributed by atoms with van der Waals surface area (Å²) in [6.07, 6.45) is 68.2. The van der Waals surface area contributed by atoms with Crippen LogP contribution in [-0.4, -0.2) is 68.5 Å². The molecule has 0 heterocycles. The zero-order chi connectivity index (χ0) is 50.6. The number of nitrogens with zero attached hydrogens (tertiary/aromatic N) is 1. The van der Waals surface area contributed by atoms with Gasteiger partial charge in [-0.3, -0.25) is 9.36 Å². The maximum absolute atomic E-state index is 13.0. The van der Waals surface area contributed by atoms with Gasteiger partial charge in [0.25, 0.3) is 7.82 Å². The quantitative estimate of drug-likeness (QED) is 0.0272. The minimum atomic E-state index is -4.57. The number of allylic oxidation sites excluding steroid dienone is 10. The maximum atomic E-state index is 13.0. The second-order valence-electron chi connectivity index (χ2n) is 21.0. The summed E-state index contributed by atoms with van der Waals surface area (Å²) in [6, 6.07) is -0.804. The highest BCUT2D eigenvalue weighted by atomic mass is 31.2. The van der Waals surface area contributed by atoms with Gasteiger partial charge in [0.15, 0.2) is 0 Å². The lowest BCUT2D eigenvalue weighted by Gasteiger charge is -2.30. The fourth-order valence-corrected chi connectivity index (χ4v) is 9.20. The van der Waals surface area contributed by atoms with E-state index < -0.39 is 20.0 Å². The summed E-state index contributed by atoms with van der Waals surface area (Å²) in [4.78, 5) is 25.5. The van der Waals surface area contributed by atoms with E-state index in [0.717, 1.165) is 70.6 Å². The number of aliphatic hydroxyl groups is 1. The number of likely N-dealkylation sites (N-methyl/N-ethyl adjacent to an activating group) is 1. The third-order valence-electron chi connectivity index (χ3n) is 13.0. The van der Waals surface area contributed by atoms with E-state index in [1.165, 1.54) is 167 Å². The molecule has 8 nitrogen and oxygen atoms in total. The molecule has 0 aliphatic rings. The number of aliphatic hydroxyl groups excluding tert-OH is 1. The van der Waals surface area contributed by atoms with Crippen molar-refractivity contribution in [2.45, 2.75) is 276 Å². The van der Waals surface area contributed by atoms with Crippen LogP contribution in [-0.2, 0) is 18.4 Å².